The molecule has 0 amide bonds. The minimum absolute atomic E-state index is 0.0648. The van der Waals surface area contributed by atoms with E-state index < -0.39 is 37.1 Å². The van der Waals surface area contributed by atoms with E-state index in [0.717, 1.165) is 18.2 Å². The Morgan fingerprint density at radius 2 is 1.75 bits per heavy atom. The van der Waals surface area contributed by atoms with Crippen LogP contribution in [0.25, 0.3) is 11.3 Å². The molecule has 0 bridgehead atoms. The first-order chi connectivity index (χ1) is 15.0. The van der Waals surface area contributed by atoms with E-state index in [1.807, 2.05) is 0 Å². The lowest BCUT2D eigenvalue weighted by atomic mass is 10.1. The molecule has 0 aliphatic rings. The van der Waals surface area contributed by atoms with Gasteiger partial charge < -0.3 is 4.79 Å². The molecule has 0 saturated carbocycles. The number of nitrogens with zero attached hydrogens (tertiary/aromatic N) is 1. The summed E-state index contributed by atoms with van der Waals surface area (Å²) in [5.41, 5.74) is -0.466. The third kappa shape index (κ3) is 5.69. The Balaban J connectivity index is 1.95. The van der Waals surface area contributed by atoms with Crippen molar-refractivity contribution in [2.75, 3.05) is 0 Å². The number of alkyl halides is 3. The van der Waals surface area contributed by atoms with Crippen molar-refractivity contribution < 1.29 is 31.1 Å². The second-order valence-corrected chi connectivity index (χ2v) is 9.37. The highest BCUT2D eigenvalue weighted by Crippen LogP contribution is 2.43. The molecule has 170 valence electrons. The highest BCUT2D eigenvalue weighted by atomic mass is 35.5. The predicted molar refractivity (Wildman–Crippen MR) is 115 cm³/mol. The number of hydrogen-bond donors (Lipinski definition) is 0. The molecule has 2 aromatic carbocycles. The lowest BCUT2D eigenvalue weighted by Crippen LogP contribution is -2.11. The van der Waals surface area contributed by atoms with Gasteiger partial charge in [-0.15, -0.1) is 0 Å². The van der Waals surface area contributed by atoms with Crippen LogP contribution in [0.15, 0.2) is 30.3 Å². The van der Waals surface area contributed by atoms with Gasteiger partial charge in [-0.2, -0.15) is 17.5 Å². The van der Waals surface area contributed by atoms with Crippen LogP contribution in [0.1, 0.15) is 29.3 Å². The highest BCUT2D eigenvalue weighted by Gasteiger charge is 2.38. The first kappa shape index (κ1) is 24.7. The number of halogens is 7. The zero-order valence-electron chi connectivity index (χ0n) is 16.4. The predicted octanol–water partition coefficient (Wildman–Crippen LogP) is 6.93. The molecule has 0 saturated heterocycles. The second kappa shape index (κ2) is 9.89. The fourth-order valence-electron chi connectivity index (χ4n) is 3.03. The van der Waals surface area contributed by atoms with Crippen LogP contribution < -0.4 is 5.30 Å². The largest absolute Gasteiger partial charge is 0.427 e. The zero-order valence-corrected chi connectivity index (χ0v) is 19.0. The topological polar surface area (TPSA) is 30.0 Å². The van der Waals surface area contributed by atoms with Crippen molar-refractivity contribution in [3.8, 4) is 11.3 Å². The van der Waals surface area contributed by atoms with E-state index >= 15 is 0 Å². The van der Waals surface area contributed by atoms with Crippen molar-refractivity contribution in [2.45, 2.75) is 32.1 Å². The summed E-state index contributed by atoms with van der Waals surface area (Å²) < 4.78 is 87.7. The molecule has 0 aliphatic carbocycles. The molecule has 0 spiro atoms. The molecular formula is C21H15ClF6NOPS. The van der Waals surface area contributed by atoms with Crippen molar-refractivity contribution in [3.05, 3.63) is 68.8 Å². The molecule has 0 radical (unpaired) electrons. The number of carbonyl (C=O) groups is 1. The van der Waals surface area contributed by atoms with Crippen molar-refractivity contribution >= 4 is 42.8 Å². The number of ketones is 1. The van der Waals surface area contributed by atoms with E-state index in [4.69, 9.17) is 11.6 Å². The Morgan fingerprint density at radius 1 is 1.09 bits per heavy atom. The molecule has 1 aromatic heterocycles. The highest BCUT2D eigenvalue weighted by molar-refractivity contribution is 7.46. The normalized spacial score (nSPS) is 12.1. The Labute approximate surface area is 190 Å². The van der Waals surface area contributed by atoms with Crippen LogP contribution in [0.5, 0.6) is 0 Å². The monoisotopic (exact) mass is 509 g/mol. The summed E-state index contributed by atoms with van der Waals surface area (Å²) in [7, 11) is -0.697. The third-order valence-corrected chi connectivity index (χ3v) is 7.07. The molecule has 1 atom stereocenters. The van der Waals surface area contributed by atoms with Gasteiger partial charge in [0.15, 0.2) is 0 Å². The van der Waals surface area contributed by atoms with Crippen molar-refractivity contribution in [2.24, 2.45) is 0 Å². The molecule has 3 rings (SSSR count). The van der Waals surface area contributed by atoms with Gasteiger partial charge in [-0.3, -0.25) is 0 Å². The van der Waals surface area contributed by atoms with Crippen LogP contribution in [0.3, 0.4) is 0 Å². The number of Topliss-reactive ketones (excluding diaryl/α,β-unsaturated/α-hetero) is 1. The van der Waals surface area contributed by atoms with Gasteiger partial charge >= 0.3 is 6.18 Å². The number of rotatable bonds is 7. The fourth-order valence-corrected chi connectivity index (χ4v) is 5.27. The van der Waals surface area contributed by atoms with E-state index in [0.29, 0.717) is 0 Å². The Bertz CT molecular complexity index is 1140. The number of benzene rings is 2. The van der Waals surface area contributed by atoms with Gasteiger partial charge in [-0.1, -0.05) is 20.2 Å². The Hall–Kier alpha value is -1.96. The Morgan fingerprint density at radius 3 is 2.31 bits per heavy atom. The molecule has 3 aromatic rings. The van der Waals surface area contributed by atoms with E-state index in [1.54, 1.807) is 0 Å². The van der Waals surface area contributed by atoms with Gasteiger partial charge in [0.05, 0.1) is 5.69 Å². The molecule has 1 heterocycles. The maximum absolute atomic E-state index is 14.5. The first-order valence-corrected chi connectivity index (χ1v) is 11.6. The standard InChI is InChI=1S/C21H15ClF6NOPS/c1-10(30)2-3-11-6-16(24)19(17(25)7-11)31-9-14-18(29-32-20(14)21(26,27)28)13-5-4-12(22)8-15(13)23/h4-8,31H,2-3,9H2,1H3. The average Bonchev–Trinajstić information content (AvgIpc) is 3.10. The summed E-state index contributed by atoms with van der Waals surface area (Å²) in [6.07, 6.45) is -4.87. The average molecular weight is 510 g/mol. The van der Waals surface area contributed by atoms with Crippen LogP contribution in [0.2, 0.25) is 5.02 Å². The molecule has 32 heavy (non-hydrogen) atoms. The summed E-state index contributed by atoms with van der Waals surface area (Å²) in [6, 6.07) is 5.63. The van der Waals surface area contributed by atoms with E-state index in [-0.39, 0.29) is 69.0 Å². The smallest absolute Gasteiger partial charge is 0.300 e. The minimum Gasteiger partial charge on any atom is -0.300 e. The van der Waals surface area contributed by atoms with Gasteiger partial charge in [-0.25, -0.2) is 13.2 Å². The lowest BCUT2D eigenvalue weighted by molar-refractivity contribution is -0.134. The zero-order chi connectivity index (χ0) is 23.6. The van der Waals surface area contributed by atoms with Crippen LogP contribution >= 0.6 is 31.7 Å². The quantitative estimate of drug-likeness (QED) is 0.255. The summed E-state index contributed by atoms with van der Waals surface area (Å²) in [5.74, 6) is -2.80. The maximum Gasteiger partial charge on any atom is 0.427 e. The summed E-state index contributed by atoms with van der Waals surface area (Å²) >= 11 is 5.87. The maximum atomic E-state index is 14.5. The van der Waals surface area contributed by atoms with E-state index in [2.05, 4.69) is 4.37 Å². The Kier molecular flexibility index (Phi) is 7.63. The van der Waals surface area contributed by atoms with Crippen molar-refractivity contribution in [1.29, 1.82) is 0 Å². The van der Waals surface area contributed by atoms with Crippen LogP contribution in [-0.4, -0.2) is 10.2 Å². The SMILES string of the molecule is CC(=O)CCc1cc(F)c(PCc2c(-c3ccc(Cl)cc3F)nsc2C(F)(F)F)c(F)c1. The second-order valence-electron chi connectivity index (χ2n) is 6.95. The molecule has 11 heteroatoms. The minimum atomic E-state index is -4.76. The fraction of sp³-hybridized carbons (Fsp3) is 0.238. The summed E-state index contributed by atoms with van der Waals surface area (Å²) in [6.45, 7) is 1.36. The molecule has 2 nitrogen and oxygen atoms in total. The van der Waals surface area contributed by atoms with Gasteiger partial charge in [0.25, 0.3) is 0 Å². The van der Waals surface area contributed by atoms with Gasteiger partial charge in [0.2, 0.25) is 0 Å². The number of aryl methyl sites for hydroxylation is 1. The lowest BCUT2D eigenvalue weighted by Gasteiger charge is -2.12. The van der Waals surface area contributed by atoms with Crippen LogP contribution in [-0.2, 0) is 23.6 Å². The molecule has 0 aliphatic heterocycles. The van der Waals surface area contributed by atoms with Crippen LogP contribution in [0, 0.1) is 17.5 Å². The number of hydrogen-bond acceptors (Lipinski definition) is 3. The van der Waals surface area contributed by atoms with E-state index in [9.17, 15) is 31.1 Å². The summed E-state index contributed by atoms with van der Waals surface area (Å²) in [4.78, 5) is 10.0. The molecular weight excluding hydrogens is 495 g/mol. The van der Waals surface area contributed by atoms with Gasteiger partial charge in [0.1, 0.15) is 28.1 Å². The van der Waals surface area contributed by atoms with Crippen molar-refractivity contribution in [3.63, 3.8) is 0 Å². The molecule has 0 fully saturated rings. The van der Waals surface area contributed by atoms with Crippen LogP contribution in [0.4, 0.5) is 26.3 Å². The van der Waals surface area contributed by atoms with Gasteiger partial charge in [0, 0.05) is 27.9 Å². The first-order valence-electron chi connectivity index (χ1n) is 9.19. The third-order valence-electron chi connectivity index (χ3n) is 4.54. The van der Waals surface area contributed by atoms with Gasteiger partial charge in [-0.05, 0) is 66.9 Å². The summed E-state index contributed by atoms with van der Waals surface area (Å²) in [5, 5.41) is -0.298. The van der Waals surface area contributed by atoms with E-state index in [1.165, 1.54) is 19.1 Å². The van der Waals surface area contributed by atoms with Crippen molar-refractivity contribution in [1.82, 2.24) is 4.37 Å². The molecule has 1 unspecified atom stereocenters. The number of aromatic nitrogens is 1. The molecule has 0 N–H and O–H groups in total. The number of carbonyl (C=O) groups excluding carboxylic acids is 1.